The molecule has 8 nitrogen and oxygen atoms in total. The van der Waals surface area contributed by atoms with Crippen molar-refractivity contribution in [2.75, 3.05) is 0 Å². The Morgan fingerprint density at radius 1 is 1.05 bits per heavy atom. The predicted octanol–water partition coefficient (Wildman–Crippen LogP) is -0.273. The van der Waals surface area contributed by atoms with Crippen LogP contribution in [0, 0.1) is 0 Å². The molecule has 1 rings (SSSR count). The standard InChI is InChI=1S/C12H16O8/c1-5(17-6(2)13)9-10(18-7(3)14)11(12(16)20-9)19-8(4)15/h5,9-11H,1-4H3/t5-,9+,10+,11-/m0/s1. The molecule has 0 saturated carbocycles. The van der Waals surface area contributed by atoms with Gasteiger partial charge < -0.3 is 18.9 Å². The molecule has 4 atom stereocenters. The monoisotopic (exact) mass is 288 g/mol. The Labute approximate surface area is 115 Å². The van der Waals surface area contributed by atoms with Gasteiger partial charge in [0, 0.05) is 20.8 Å². The maximum absolute atomic E-state index is 11.7. The minimum Gasteiger partial charge on any atom is -0.459 e. The van der Waals surface area contributed by atoms with Gasteiger partial charge in [-0.1, -0.05) is 0 Å². The van der Waals surface area contributed by atoms with E-state index in [9.17, 15) is 19.2 Å². The molecular weight excluding hydrogens is 272 g/mol. The van der Waals surface area contributed by atoms with E-state index in [4.69, 9.17) is 18.9 Å². The first-order valence-corrected chi connectivity index (χ1v) is 5.94. The molecular formula is C12H16O8. The molecule has 0 N–H and O–H groups in total. The molecule has 1 aliphatic heterocycles. The Balaban J connectivity index is 2.92. The third-order valence-electron chi connectivity index (χ3n) is 2.52. The van der Waals surface area contributed by atoms with Crippen molar-refractivity contribution in [2.45, 2.75) is 52.1 Å². The number of esters is 4. The lowest BCUT2D eigenvalue weighted by atomic mass is 10.1. The second-order valence-corrected chi connectivity index (χ2v) is 4.32. The van der Waals surface area contributed by atoms with Crippen LogP contribution in [0.1, 0.15) is 27.7 Å². The summed E-state index contributed by atoms with van der Waals surface area (Å²) in [5, 5.41) is 0. The van der Waals surface area contributed by atoms with Crippen LogP contribution in [0.2, 0.25) is 0 Å². The number of carbonyl (C=O) groups is 4. The van der Waals surface area contributed by atoms with Crippen LogP contribution in [0.3, 0.4) is 0 Å². The quantitative estimate of drug-likeness (QED) is 0.514. The molecule has 8 heteroatoms. The second-order valence-electron chi connectivity index (χ2n) is 4.32. The van der Waals surface area contributed by atoms with Gasteiger partial charge in [0.1, 0.15) is 6.10 Å². The van der Waals surface area contributed by atoms with Crippen molar-refractivity contribution >= 4 is 23.9 Å². The number of rotatable bonds is 4. The fraction of sp³-hybridized carbons (Fsp3) is 0.667. The fourth-order valence-electron chi connectivity index (χ4n) is 1.88. The summed E-state index contributed by atoms with van der Waals surface area (Å²) in [5.41, 5.74) is 0. The number of carbonyl (C=O) groups excluding carboxylic acids is 4. The van der Waals surface area contributed by atoms with Gasteiger partial charge in [-0.3, -0.25) is 14.4 Å². The lowest BCUT2D eigenvalue weighted by molar-refractivity contribution is -0.169. The average molecular weight is 288 g/mol. The molecule has 0 aromatic heterocycles. The molecule has 0 radical (unpaired) electrons. The fourth-order valence-corrected chi connectivity index (χ4v) is 1.88. The molecule has 0 aliphatic carbocycles. The SMILES string of the molecule is CC(=O)O[C@@H]1[C@@H]([C@H](C)OC(C)=O)OC(=O)[C@H]1OC(C)=O. The highest BCUT2D eigenvalue weighted by Gasteiger charge is 2.52. The van der Waals surface area contributed by atoms with Gasteiger partial charge in [0.2, 0.25) is 6.10 Å². The molecule has 0 aromatic rings. The summed E-state index contributed by atoms with van der Waals surface area (Å²) in [6.07, 6.45) is -4.39. The van der Waals surface area contributed by atoms with Gasteiger partial charge in [0.15, 0.2) is 12.2 Å². The van der Waals surface area contributed by atoms with Gasteiger partial charge >= 0.3 is 23.9 Å². The summed E-state index contributed by atoms with van der Waals surface area (Å²) in [5.74, 6) is -2.82. The van der Waals surface area contributed by atoms with Crippen molar-refractivity contribution in [1.29, 1.82) is 0 Å². The third kappa shape index (κ3) is 3.94. The van der Waals surface area contributed by atoms with Crippen LogP contribution >= 0.6 is 0 Å². The van der Waals surface area contributed by atoms with Crippen LogP contribution in [-0.4, -0.2) is 48.3 Å². The molecule has 1 aliphatic rings. The third-order valence-corrected chi connectivity index (χ3v) is 2.52. The normalized spacial score (nSPS) is 26.4. The number of ether oxygens (including phenoxy) is 4. The van der Waals surface area contributed by atoms with Crippen LogP contribution in [0.4, 0.5) is 0 Å². The van der Waals surface area contributed by atoms with E-state index in [1.807, 2.05) is 0 Å². The van der Waals surface area contributed by atoms with Crippen molar-refractivity contribution in [3.8, 4) is 0 Å². The van der Waals surface area contributed by atoms with E-state index in [2.05, 4.69) is 0 Å². The zero-order valence-electron chi connectivity index (χ0n) is 11.6. The van der Waals surface area contributed by atoms with Crippen molar-refractivity contribution in [3.63, 3.8) is 0 Å². The highest BCUT2D eigenvalue weighted by atomic mass is 16.7. The van der Waals surface area contributed by atoms with E-state index >= 15 is 0 Å². The Kier molecular flexibility index (Phi) is 5.06. The van der Waals surface area contributed by atoms with Crippen LogP contribution in [0.15, 0.2) is 0 Å². The number of hydrogen-bond donors (Lipinski definition) is 0. The maximum Gasteiger partial charge on any atom is 0.352 e. The molecule has 0 unspecified atom stereocenters. The van der Waals surface area contributed by atoms with Gasteiger partial charge in [-0.05, 0) is 6.92 Å². The molecule has 0 spiro atoms. The Morgan fingerprint density at radius 2 is 1.60 bits per heavy atom. The molecule has 1 fully saturated rings. The highest BCUT2D eigenvalue weighted by Crippen LogP contribution is 2.26. The van der Waals surface area contributed by atoms with Gasteiger partial charge in [-0.2, -0.15) is 0 Å². The zero-order valence-corrected chi connectivity index (χ0v) is 11.6. The lowest BCUT2D eigenvalue weighted by Crippen LogP contribution is -2.43. The smallest absolute Gasteiger partial charge is 0.352 e. The molecule has 1 heterocycles. The van der Waals surface area contributed by atoms with E-state index in [-0.39, 0.29) is 0 Å². The summed E-state index contributed by atoms with van der Waals surface area (Å²) in [4.78, 5) is 44.7. The second kappa shape index (κ2) is 6.36. The summed E-state index contributed by atoms with van der Waals surface area (Å²) in [6, 6.07) is 0. The van der Waals surface area contributed by atoms with Gasteiger partial charge in [0.25, 0.3) is 0 Å². The maximum atomic E-state index is 11.7. The van der Waals surface area contributed by atoms with Crippen LogP contribution in [0.5, 0.6) is 0 Å². The van der Waals surface area contributed by atoms with Crippen LogP contribution in [0.25, 0.3) is 0 Å². The summed E-state index contributed by atoms with van der Waals surface area (Å²) < 4.78 is 19.6. The average Bonchev–Trinajstić information content (AvgIpc) is 2.55. The zero-order chi connectivity index (χ0) is 15.4. The minimum atomic E-state index is -1.36. The first kappa shape index (κ1) is 15.9. The summed E-state index contributed by atoms with van der Waals surface area (Å²) >= 11 is 0. The number of cyclic esters (lactones) is 1. The van der Waals surface area contributed by atoms with E-state index in [1.165, 1.54) is 13.8 Å². The lowest BCUT2D eigenvalue weighted by Gasteiger charge is -2.24. The molecule has 0 bridgehead atoms. The van der Waals surface area contributed by atoms with Crippen molar-refractivity contribution in [1.82, 2.24) is 0 Å². The summed E-state index contributed by atoms with van der Waals surface area (Å²) in [7, 11) is 0. The molecule has 112 valence electrons. The van der Waals surface area contributed by atoms with Crippen molar-refractivity contribution in [2.24, 2.45) is 0 Å². The van der Waals surface area contributed by atoms with Gasteiger partial charge in [0.05, 0.1) is 0 Å². The van der Waals surface area contributed by atoms with E-state index in [0.29, 0.717) is 0 Å². The Hall–Kier alpha value is -2.12. The molecule has 1 saturated heterocycles. The van der Waals surface area contributed by atoms with E-state index in [1.54, 1.807) is 0 Å². The van der Waals surface area contributed by atoms with Crippen molar-refractivity contribution in [3.05, 3.63) is 0 Å². The topological polar surface area (TPSA) is 105 Å². The van der Waals surface area contributed by atoms with E-state index in [0.717, 1.165) is 13.8 Å². The van der Waals surface area contributed by atoms with E-state index < -0.39 is 48.3 Å². The Bertz CT molecular complexity index is 429. The molecule has 0 amide bonds. The highest BCUT2D eigenvalue weighted by molar-refractivity contribution is 5.82. The number of hydrogen-bond acceptors (Lipinski definition) is 8. The van der Waals surface area contributed by atoms with Gasteiger partial charge in [-0.25, -0.2) is 4.79 Å². The largest absolute Gasteiger partial charge is 0.459 e. The molecule has 0 aromatic carbocycles. The summed E-state index contributed by atoms with van der Waals surface area (Å²) in [6.45, 7) is 4.92. The first-order chi connectivity index (χ1) is 9.22. The minimum absolute atomic E-state index is 0.578. The van der Waals surface area contributed by atoms with Gasteiger partial charge in [-0.15, -0.1) is 0 Å². The van der Waals surface area contributed by atoms with Crippen LogP contribution in [-0.2, 0) is 38.1 Å². The first-order valence-electron chi connectivity index (χ1n) is 5.94. The van der Waals surface area contributed by atoms with Crippen LogP contribution < -0.4 is 0 Å². The van der Waals surface area contributed by atoms with Crippen molar-refractivity contribution < 1.29 is 38.1 Å². The molecule has 20 heavy (non-hydrogen) atoms. The Morgan fingerprint density at radius 3 is 2.05 bits per heavy atom. The predicted molar refractivity (Wildman–Crippen MR) is 62.2 cm³/mol.